The van der Waals surface area contributed by atoms with Gasteiger partial charge in [0.2, 0.25) is 0 Å². The van der Waals surface area contributed by atoms with Crippen LogP contribution in [0.5, 0.6) is 5.75 Å². The number of ether oxygens (including phenoxy) is 1. The van der Waals surface area contributed by atoms with Gasteiger partial charge in [-0.1, -0.05) is 25.0 Å². The number of halogens is 2. The second kappa shape index (κ2) is 8.53. The molecular formula is C24H24F2N4O3. The summed E-state index contributed by atoms with van der Waals surface area (Å²) in [5, 5.41) is 4.08. The van der Waals surface area contributed by atoms with Crippen molar-refractivity contribution in [3.63, 3.8) is 0 Å². The zero-order valence-corrected chi connectivity index (χ0v) is 18.2. The van der Waals surface area contributed by atoms with Gasteiger partial charge in [0, 0.05) is 30.5 Å². The molecule has 1 saturated heterocycles. The Balaban J connectivity index is 1.61. The van der Waals surface area contributed by atoms with Gasteiger partial charge in [-0.25, -0.2) is 18.3 Å². The lowest BCUT2D eigenvalue weighted by molar-refractivity contribution is -0.129. The molecule has 1 amide bonds. The average molecular weight is 454 g/mol. The van der Waals surface area contributed by atoms with Crippen molar-refractivity contribution in [1.82, 2.24) is 19.5 Å². The van der Waals surface area contributed by atoms with Crippen molar-refractivity contribution < 1.29 is 23.1 Å². The van der Waals surface area contributed by atoms with Gasteiger partial charge in [0.25, 0.3) is 12.3 Å². The summed E-state index contributed by atoms with van der Waals surface area (Å²) in [6.45, 7) is 0.323. The van der Waals surface area contributed by atoms with Gasteiger partial charge in [-0.3, -0.25) is 9.59 Å². The van der Waals surface area contributed by atoms with Crippen LogP contribution in [0.15, 0.2) is 36.5 Å². The molecule has 0 bridgehead atoms. The molecule has 0 unspecified atom stereocenters. The number of ketones is 1. The van der Waals surface area contributed by atoms with Gasteiger partial charge in [0.1, 0.15) is 22.8 Å². The van der Waals surface area contributed by atoms with Crippen molar-refractivity contribution in [2.45, 2.75) is 44.6 Å². The second-order valence-corrected chi connectivity index (χ2v) is 8.53. The molecule has 9 heteroatoms. The Kier molecular flexibility index (Phi) is 5.55. The molecule has 2 aromatic heterocycles. The Labute approximate surface area is 189 Å². The average Bonchev–Trinajstić information content (AvgIpc) is 3.27. The van der Waals surface area contributed by atoms with Crippen molar-refractivity contribution in [2.75, 3.05) is 13.7 Å². The van der Waals surface area contributed by atoms with E-state index in [0.717, 1.165) is 30.2 Å². The maximum Gasteiger partial charge on any atom is 0.280 e. The number of piperidine rings is 1. The van der Waals surface area contributed by atoms with E-state index in [9.17, 15) is 18.4 Å². The predicted octanol–water partition coefficient (Wildman–Crippen LogP) is 4.32. The number of likely N-dealkylation sites (tertiary alicyclic amines) is 1. The number of fused-ring (bicyclic) bond motifs is 2. The summed E-state index contributed by atoms with van der Waals surface area (Å²) in [7, 11) is 1.50. The van der Waals surface area contributed by atoms with Crippen LogP contribution in [0, 0.1) is 5.92 Å². The zero-order chi connectivity index (χ0) is 23.1. The van der Waals surface area contributed by atoms with E-state index in [4.69, 9.17) is 4.74 Å². The van der Waals surface area contributed by atoms with E-state index in [1.165, 1.54) is 19.4 Å². The Morgan fingerprint density at radius 3 is 2.79 bits per heavy atom. The van der Waals surface area contributed by atoms with E-state index >= 15 is 0 Å². The smallest absolute Gasteiger partial charge is 0.280 e. The summed E-state index contributed by atoms with van der Waals surface area (Å²) in [4.78, 5) is 32.3. The number of amides is 1. The van der Waals surface area contributed by atoms with Gasteiger partial charge in [0.05, 0.1) is 19.0 Å². The predicted molar refractivity (Wildman–Crippen MR) is 116 cm³/mol. The van der Waals surface area contributed by atoms with Crippen LogP contribution in [0.3, 0.4) is 0 Å². The highest BCUT2D eigenvalue weighted by Crippen LogP contribution is 2.36. The lowest BCUT2D eigenvalue weighted by Gasteiger charge is -2.43. The minimum atomic E-state index is -2.82. The minimum Gasteiger partial charge on any atom is -0.496 e. The molecule has 5 rings (SSSR count). The molecule has 33 heavy (non-hydrogen) atoms. The summed E-state index contributed by atoms with van der Waals surface area (Å²) in [6, 6.07) is 8.11. The number of hydrogen-bond donors (Lipinski definition) is 0. The second-order valence-electron chi connectivity index (χ2n) is 8.53. The van der Waals surface area contributed by atoms with Crippen molar-refractivity contribution in [2.24, 2.45) is 5.92 Å². The first-order valence-electron chi connectivity index (χ1n) is 11.1. The molecule has 172 valence electrons. The molecule has 1 aliphatic carbocycles. The molecule has 2 fully saturated rings. The van der Waals surface area contributed by atoms with Gasteiger partial charge < -0.3 is 9.64 Å². The Morgan fingerprint density at radius 2 is 2.00 bits per heavy atom. The summed E-state index contributed by atoms with van der Waals surface area (Å²) in [5.41, 5.74) is 0.689. The number of hydrogen-bond acceptors (Lipinski definition) is 5. The molecule has 3 heterocycles. The molecule has 1 aliphatic heterocycles. The van der Waals surface area contributed by atoms with Crippen LogP contribution in [0.1, 0.15) is 54.6 Å². The first-order chi connectivity index (χ1) is 16.0. The molecule has 0 spiro atoms. The maximum absolute atomic E-state index is 14.0. The third kappa shape index (κ3) is 3.65. The van der Waals surface area contributed by atoms with Gasteiger partial charge in [-0.15, -0.1) is 0 Å². The van der Waals surface area contributed by atoms with Gasteiger partial charge in [0.15, 0.2) is 5.65 Å². The van der Waals surface area contributed by atoms with Crippen molar-refractivity contribution in [3.05, 3.63) is 47.8 Å². The van der Waals surface area contributed by atoms with E-state index in [0.29, 0.717) is 24.3 Å². The first kappa shape index (κ1) is 21.5. The number of carbonyl (C=O) groups excluding carboxylic acids is 2. The summed E-state index contributed by atoms with van der Waals surface area (Å²) in [5.74, 6) is 0.230. The number of Topliss-reactive ketones (excluding diaryl/α,β-unsaturated/α-hetero) is 1. The maximum atomic E-state index is 14.0. The van der Waals surface area contributed by atoms with E-state index in [1.807, 2.05) is 0 Å². The molecule has 0 N–H and O–H groups in total. The summed E-state index contributed by atoms with van der Waals surface area (Å²) < 4.78 is 34.3. The first-order valence-corrected chi connectivity index (χ1v) is 11.1. The number of alkyl halides is 2. The normalized spacial score (nSPS) is 20.8. The fourth-order valence-electron chi connectivity index (χ4n) is 5.14. The van der Waals surface area contributed by atoms with Crippen LogP contribution >= 0.6 is 0 Å². The fraction of sp³-hybridized carbons (Fsp3) is 0.417. The number of nitrogens with zero attached hydrogens (tertiary/aromatic N) is 4. The Bertz CT molecular complexity index is 1230. The van der Waals surface area contributed by atoms with Gasteiger partial charge in [-0.05, 0) is 31.0 Å². The number of rotatable bonds is 4. The highest BCUT2D eigenvalue weighted by Gasteiger charge is 2.41. The Morgan fingerprint density at radius 1 is 1.21 bits per heavy atom. The highest BCUT2D eigenvalue weighted by atomic mass is 19.3. The van der Waals surface area contributed by atoms with E-state index in [1.54, 1.807) is 29.2 Å². The molecule has 0 radical (unpaired) electrons. The third-order valence-electron chi connectivity index (χ3n) is 6.74. The molecule has 2 atom stereocenters. The van der Waals surface area contributed by atoms with Crippen LogP contribution in [0.25, 0.3) is 16.9 Å². The van der Waals surface area contributed by atoms with Crippen molar-refractivity contribution in [1.29, 1.82) is 0 Å². The van der Waals surface area contributed by atoms with Crippen LogP contribution in [0.4, 0.5) is 8.78 Å². The molecule has 1 saturated carbocycles. The topological polar surface area (TPSA) is 76.8 Å². The summed E-state index contributed by atoms with van der Waals surface area (Å²) in [6.07, 6.45) is 2.29. The molecule has 7 nitrogen and oxygen atoms in total. The quantitative estimate of drug-likeness (QED) is 0.587. The number of methoxy groups -OCH3 is 1. The fourth-order valence-corrected chi connectivity index (χ4v) is 5.14. The van der Waals surface area contributed by atoms with Crippen LogP contribution in [-0.4, -0.2) is 50.9 Å². The van der Waals surface area contributed by atoms with Crippen molar-refractivity contribution in [3.8, 4) is 17.0 Å². The highest BCUT2D eigenvalue weighted by molar-refractivity contribution is 6.01. The molecule has 1 aromatic carbocycles. The molecular weight excluding hydrogens is 430 g/mol. The van der Waals surface area contributed by atoms with Crippen LogP contribution < -0.4 is 4.74 Å². The third-order valence-corrected chi connectivity index (χ3v) is 6.74. The molecule has 2 aliphatic rings. The number of para-hydroxylation sites is 1. The standard InChI is InChI=1S/C24H24F2N4O3/c1-33-21-9-5-3-6-14(21)17-12-19(22(25)26)30-23(28-17)16(13-27-30)24(32)29-11-10-20(31)15-7-2-4-8-18(15)29/h3,5-6,9,12-13,15,18,22H,2,4,7-8,10-11H2,1H3/t15-,18+/m1/s1. The monoisotopic (exact) mass is 454 g/mol. The summed E-state index contributed by atoms with van der Waals surface area (Å²) >= 11 is 0. The zero-order valence-electron chi connectivity index (χ0n) is 18.2. The SMILES string of the molecule is COc1ccccc1-c1cc(C(F)F)n2ncc(C(=O)N3CCC(=O)[C@@H]4CCCC[C@@H]43)c2n1. The number of aromatic nitrogens is 3. The van der Waals surface area contributed by atoms with Gasteiger partial charge in [-0.2, -0.15) is 5.10 Å². The minimum absolute atomic E-state index is 0.0722. The number of carbonyl (C=O) groups is 2. The largest absolute Gasteiger partial charge is 0.496 e. The van der Waals surface area contributed by atoms with Crippen LogP contribution in [0.2, 0.25) is 0 Å². The Hall–Kier alpha value is -3.36. The lowest BCUT2D eigenvalue weighted by atomic mass is 9.77. The van der Waals surface area contributed by atoms with E-state index in [2.05, 4.69) is 10.1 Å². The number of benzene rings is 1. The van der Waals surface area contributed by atoms with Crippen LogP contribution in [-0.2, 0) is 4.79 Å². The van der Waals surface area contributed by atoms with E-state index < -0.39 is 6.43 Å². The van der Waals surface area contributed by atoms with Gasteiger partial charge >= 0.3 is 0 Å². The molecule has 3 aromatic rings. The lowest BCUT2D eigenvalue weighted by Crippen LogP contribution is -2.53. The van der Waals surface area contributed by atoms with Crippen molar-refractivity contribution >= 4 is 17.3 Å². The van der Waals surface area contributed by atoms with E-state index in [-0.39, 0.29) is 46.2 Å².